The van der Waals surface area contributed by atoms with Gasteiger partial charge in [-0.15, -0.1) is 0 Å². The van der Waals surface area contributed by atoms with Gasteiger partial charge in [0.25, 0.3) is 0 Å². The molecule has 4 aromatic heterocycles. The molecule has 0 fully saturated rings. The summed E-state index contributed by atoms with van der Waals surface area (Å²) in [7, 11) is 0. The second-order valence-corrected chi connectivity index (χ2v) is 7.33. The van der Waals surface area contributed by atoms with Gasteiger partial charge in [-0.05, 0) is 30.2 Å². The van der Waals surface area contributed by atoms with E-state index in [4.69, 9.17) is 5.73 Å². The summed E-state index contributed by atoms with van der Waals surface area (Å²) in [5.74, 6) is 0.388. The molecule has 0 aliphatic rings. The van der Waals surface area contributed by atoms with Crippen LogP contribution in [0.5, 0.6) is 0 Å². The quantitative estimate of drug-likeness (QED) is 0.461. The highest BCUT2D eigenvalue weighted by atomic mass is 19.1. The Morgan fingerprint density at radius 2 is 1.47 bits per heavy atom. The van der Waals surface area contributed by atoms with Gasteiger partial charge < -0.3 is 10.3 Å². The van der Waals surface area contributed by atoms with Crippen molar-refractivity contribution in [2.75, 3.05) is 5.73 Å². The Labute approximate surface area is 181 Å². The third kappa shape index (κ3) is 3.64. The maximum Gasteiger partial charge on any atom is 0.166 e. The third-order valence-electron chi connectivity index (χ3n) is 5.03. The number of aryl methyl sites for hydroxylation is 1. The number of hydrogen-bond donors (Lipinski definition) is 1. The van der Waals surface area contributed by atoms with Crippen LogP contribution in [0, 0.1) is 18.6 Å². The number of halogens is 2. The molecule has 0 bridgehead atoms. The first-order chi connectivity index (χ1) is 15.5. The first-order valence-electron chi connectivity index (χ1n) is 9.79. The minimum atomic E-state index is -0.468. The Hall–Kier alpha value is -4.27. The minimum Gasteiger partial charge on any atom is -0.382 e. The maximum absolute atomic E-state index is 13.9. The molecule has 2 N–H and O–H groups in total. The van der Waals surface area contributed by atoms with Gasteiger partial charge in [0.1, 0.15) is 23.3 Å². The van der Waals surface area contributed by atoms with Crippen LogP contribution in [-0.2, 0) is 6.54 Å². The lowest BCUT2D eigenvalue weighted by Gasteiger charge is -2.10. The molecule has 5 aromatic rings. The molecule has 0 radical (unpaired) electrons. The Balaban J connectivity index is 1.59. The van der Waals surface area contributed by atoms with Crippen molar-refractivity contribution in [1.29, 1.82) is 0 Å². The van der Waals surface area contributed by atoms with Gasteiger partial charge in [-0.1, -0.05) is 24.3 Å². The summed E-state index contributed by atoms with van der Waals surface area (Å²) in [6.45, 7) is 2.15. The summed E-state index contributed by atoms with van der Waals surface area (Å²) in [6.07, 6.45) is 5.45. The number of aromatic nitrogens is 6. The molecule has 32 heavy (non-hydrogen) atoms. The molecule has 0 atom stereocenters. The van der Waals surface area contributed by atoms with Crippen LogP contribution in [0.1, 0.15) is 11.4 Å². The van der Waals surface area contributed by atoms with E-state index < -0.39 is 11.6 Å². The Morgan fingerprint density at radius 3 is 2.16 bits per heavy atom. The Bertz CT molecular complexity index is 1450. The molecule has 7 nitrogen and oxygen atoms in total. The maximum atomic E-state index is 13.9. The zero-order valence-corrected chi connectivity index (χ0v) is 17.0. The molecular weight excluding hydrogens is 412 g/mol. The highest BCUT2D eigenvalue weighted by Gasteiger charge is 2.18. The average molecular weight is 429 g/mol. The van der Waals surface area contributed by atoms with Crippen molar-refractivity contribution >= 4 is 17.0 Å². The van der Waals surface area contributed by atoms with E-state index in [0.29, 0.717) is 40.5 Å². The standard InChI is InChI=1S/C23H17F2N7/c1-13-29-21(26)20-23(30-13)32(22(31-20)17-7-19(25)11-28-9-17)12-14-2-4-15(5-3-14)16-6-18(24)10-27-8-16/h2-11H,12H2,1H3,(H2,26,29,30). The van der Waals surface area contributed by atoms with Gasteiger partial charge in [-0.3, -0.25) is 9.97 Å². The average Bonchev–Trinajstić information content (AvgIpc) is 3.13. The zero-order valence-electron chi connectivity index (χ0n) is 17.0. The summed E-state index contributed by atoms with van der Waals surface area (Å²) < 4.78 is 29.2. The number of imidazole rings is 1. The number of nitrogen functional groups attached to an aromatic ring is 1. The smallest absolute Gasteiger partial charge is 0.166 e. The topological polar surface area (TPSA) is 95.4 Å². The lowest BCUT2D eigenvalue weighted by molar-refractivity contribution is 0.621. The normalized spacial score (nSPS) is 11.2. The van der Waals surface area contributed by atoms with E-state index in [0.717, 1.165) is 17.3 Å². The number of pyridine rings is 2. The monoisotopic (exact) mass is 429 g/mol. The highest BCUT2D eigenvalue weighted by Crippen LogP contribution is 2.28. The fourth-order valence-electron chi connectivity index (χ4n) is 3.59. The summed E-state index contributed by atoms with van der Waals surface area (Å²) in [5, 5.41) is 0. The molecule has 0 saturated heterocycles. The van der Waals surface area contributed by atoms with E-state index in [1.807, 2.05) is 28.8 Å². The second-order valence-electron chi connectivity index (χ2n) is 7.33. The predicted octanol–water partition coefficient (Wildman–Crippen LogP) is 4.17. The van der Waals surface area contributed by atoms with Crippen molar-refractivity contribution in [3.05, 3.63) is 84.2 Å². The SMILES string of the molecule is Cc1nc(N)c2nc(-c3cncc(F)c3)n(Cc3ccc(-c4cncc(F)c4)cc3)c2n1. The Morgan fingerprint density at radius 1 is 0.812 bits per heavy atom. The molecule has 158 valence electrons. The molecular formula is C23H17F2N7. The van der Waals surface area contributed by atoms with Crippen LogP contribution >= 0.6 is 0 Å². The summed E-state index contributed by atoms with van der Waals surface area (Å²) in [4.78, 5) is 21.1. The highest BCUT2D eigenvalue weighted by molar-refractivity contribution is 5.85. The lowest BCUT2D eigenvalue weighted by atomic mass is 10.1. The number of anilines is 1. The van der Waals surface area contributed by atoms with Crippen molar-refractivity contribution in [1.82, 2.24) is 29.5 Å². The van der Waals surface area contributed by atoms with E-state index in [2.05, 4.69) is 24.9 Å². The van der Waals surface area contributed by atoms with Gasteiger partial charge in [0.05, 0.1) is 18.9 Å². The molecule has 0 unspecified atom stereocenters. The van der Waals surface area contributed by atoms with Gasteiger partial charge in [0.2, 0.25) is 0 Å². The van der Waals surface area contributed by atoms with E-state index in [-0.39, 0.29) is 5.82 Å². The molecule has 1 aromatic carbocycles. The van der Waals surface area contributed by atoms with Crippen LogP contribution in [0.4, 0.5) is 14.6 Å². The molecule has 0 aliphatic heterocycles. The number of fused-ring (bicyclic) bond motifs is 1. The fourth-order valence-corrected chi connectivity index (χ4v) is 3.59. The van der Waals surface area contributed by atoms with E-state index in [1.54, 1.807) is 13.1 Å². The van der Waals surface area contributed by atoms with Gasteiger partial charge in [-0.25, -0.2) is 23.7 Å². The minimum absolute atomic E-state index is 0.255. The fraction of sp³-hybridized carbons (Fsp3) is 0.0870. The summed E-state index contributed by atoms with van der Waals surface area (Å²) in [5.41, 5.74) is 10.0. The van der Waals surface area contributed by atoms with Crippen molar-refractivity contribution < 1.29 is 8.78 Å². The van der Waals surface area contributed by atoms with Crippen molar-refractivity contribution in [3.63, 3.8) is 0 Å². The number of rotatable bonds is 4. The van der Waals surface area contributed by atoms with Crippen LogP contribution in [0.2, 0.25) is 0 Å². The number of nitrogens with two attached hydrogens (primary N) is 1. The third-order valence-corrected chi connectivity index (χ3v) is 5.03. The largest absolute Gasteiger partial charge is 0.382 e. The predicted molar refractivity (Wildman–Crippen MR) is 116 cm³/mol. The van der Waals surface area contributed by atoms with Crippen molar-refractivity contribution in [2.45, 2.75) is 13.5 Å². The molecule has 5 rings (SSSR count). The lowest BCUT2D eigenvalue weighted by Crippen LogP contribution is -2.05. The zero-order chi connectivity index (χ0) is 22.2. The van der Waals surface area contributed by atoms with Gasteiger partial charge in [0, 0.05) is 23.5 Å². The number of benzene rings is 1. The van der Waals surface area contributed by atoms with Crippen molar-refractivity contribution in [3.8, 4) is 22.5 Å². The van der Waals surface area contributed by atoms with Gasteiger partial charge in [-0.2, -0.15) is 0 Å². The second kappa shape index (κ2) is 7.77. The molecule has 0 spiro atoms. The molecule has 9 heteroatoms. The van der Waals surface area contributed by atoms with Crippen LogP contribution in [0.3, 0.4) is 0 Å². The molecule has 0 saturated carbocycles. The van der Waals surface area contributed by atoms with Crippen LogP contribution in [0.25, 0.3) is 33.7 Å². The number of hydrogen-bond acceptors (Lipinski definition) is 6. The molecule has 0 amide bonds. The first-order valence-corrected chi connectivity index (χ1v) is 9.79. The van der Waals surface area contributed by atoms with E-state index in [9.17, 15) is 8.78 Å². The van der Waals surface area contributed by atoms with E-state index >= 15 is 0 Å². The molecule has 4 heterocycles. The van der Waals surface area contributed by atoms with E-state index in [1.165, 1.54) is 24.5 Å². The number of nitrogens with zero attached hydrogens (tertiary/aromatic N) is 6. The van der Waals surface area contributed by atoms with Crippen LogP contribution in [-0.4, -0.2) is 29.5 Å². The van der Waals surface area contributed by atoms with Gasteiger partial charge in [0.15, 0.2) is 17.0 Å². The van der Waals surface area contributed by atoms with Crippen LogP contribution < -0.4 is 5.73 Å². The summed E-state index contributed by atoms with van der Waals surface area (Å²) >= 11 is 0. The summed E-state index contributed by atoms with van der Waals surface area (Å²) in [6, 6.07) is 10.4. The van der Waals surface area contributed by atoms with Crippen LogP contribution in [0.15, 0.2) is 61.2 Å². The van der Waals surface area contributed by atoms with Gasteiger partial charge >= 0.3 is 0 Å². The molecule has 0 aliphatic carbocycles. The first kappa shape index (κ1) is 19.7. The Kier molecular flexibility index (Phi) is 4.78. The van der Waals surface area contributed by atoms with Crippen molar-refractivity contribution in [2.24, 2.45) is 0 Å².